The van der Waals surface area contributed by atoms with Crippen molar-refractivity contribution in [1.29, 1.82) is 0 Å². The lowest BCUT2D eigenvalue weighted by Gasteiger charge is -2.08. The quantitative estimate of drug-likeness (QED) is 0.523. The fourth-order valence-electron chi connectivity index (χ4n) is 0.777. The molecule has 0 rings (SSSR count). The van der Waals surface area contributed by atoms with Crippen LogP contribution in [-0.4, -0.2) is 19.1 Å². The van der Waals surface area contributed by atoms with Gasteiger partial charge in [-0.3, -0.25) is 0 Å². The van der Waals surface area contributed by atoms with Gasteiger partial charge in [0.15, 0.2) is 0 Å². The van der Waals surface area contributed by atoms with Crippen LogP contribution in [0.5, 0.6) is 0 Å². The van der Waals surface area contributed by atoms with Crippen LogP contribution in [0.3, 0.4) is 0 Å². The summed E-state index contributed by atoms with van der Waals surface area (Å²) in [4.78, 5) is 11.0. The molecule has 0 saturated heterocycles. The number of rotatable bonds is 5. The Bertz CT molecular complexity index is 185. The molecule has 0 radical (unpaired) electrons. The van der Waals surface area contributed by atoms with E-state index in [4.69, 9.17) is 4.74 Å². The van der Waals surface area contributed by atoms with E-state index in [0.717, 1.165) is 12.2 Å². The minimum atomic E-state index is -0.281. The van der Waals surface area contributed by atoms with E-state index in [0.29, 0.717) is 12.5 Å². The van der Waals surface area contributed by atoms with Gasteiger partial charge < -0.3 is 10.1 Å². The van der Waals surface area contributed by atoms with Gasteiger partial charge in [-0.1, -0.05) is 13.8 Å². The monoisotopic (exact) mass is 185 g/mol. The number of allylic oxidation sites excluding steroid dienone is 1. The molecule has 1 N–H and O–H groups in total. The van der Waals surface area contributed by atoms with Crippen LogP contribution < -0.4 is 5.32 Å². The van der Waals surface area contributed by atoms with Crippen molar-refractivity contribution in [2.45, 2.75) is 27.7 Å². The summed E-state index contributed by atoms with van der Waals surface area (Å²) in [6.45, 7) is 9.19. The third kappa shape index (κ3) is 7.37. The molecule has 0 aliphatic carbocycles. The molecule has 0 spiro atoms. The lowest BCUT2D eigenvalue weighted by atomic mass is 10.2. The van der Waals surface area contributed by atoms with E-state index in [1.54, 1.807) is 6.92 Å². The van der Waals surface area contributed by atoms with Crippen LogP contribution >= 0.6 is 0 Å². The van der Waals surface area contributed by atoms with Gasteiger partial charge in [-0.2, -0.15) is 0 Å². The van der Waals surface area contributed by atoms with Gasteiger partial charge in [0.2, 0.25) is 0 Å². The molecular formula is C10H19NO2. The van der Waals surface area contributed by atoms with E-state index >= 15 is 0 Å². The molecule has 3 nitrogen and oxygen atoms in total. The van der Waals surface area contributed by atoms with Crippen molar-refractivity contribution >= 4 is 5.97 Å². The zero-order valence-corrected chi connectivity index (χ0v) is 8.89. The van der Waals surface area contributed by atoms with Crippen LogP contribution in [0.1, 0.15) is 27.7 Å². The van der Waals surface area contributed by atoms with E-state index in [1.165, 1.54) is 6.08 Å². The Labute approximate surface area is 80.2 Å². The summed E-state index contributed by atoms with van der Waals surface area (Å²) in [5.74, 6) is 0.293. The van der Waals surface area contributed by atoms with Gasteiger partial charge in [0.05, 0.1) is 6.61 Å². The average molecular weight is 185 g/mol. The van der Waals surface area contributed by atoms with Gasteiger partial charge in [-0.15, -0.1) is 0 Å². The molecule has 0 heterocycles. The second kappa shape index (κ2) is 6.52. The highest BCUT2D eigenvalue weighted by Gasteiger charge is 1.98. The minimum absolute atomic E-state index is 0.281. The topological polar surface area (TPSA) is 38.3 Å². The van der Waals surface area contributed by atoms with E-state index in [1.807, 2.05) is 6.92 Å². The summed E-state index contributed by atoms with van der Waals surface area (Å²) in [5, 5.41) is 3.13. The zero-order valence-electron chi connectivity index (χ0n) is 8.89. The molecule has 0 fully saturated rings. The van der Waals surface area contributed by atoms with Crippen LogP contribution in [0.2, 0.25) is 0 Å². The second-order valence-corrected chi connectivity index (χ2v) is 3.35. The molecule has 0 aliphatic heterocycles. The molecule has 0 aromatic carbocycles. The molecule has 0 saturated carbocycles. The van der Waals surface area contributed by atoms with Crippen molar-refractivity contribution in [3.8, 4) is 0 Å². The maximum atomic E-state index is 11.0. The van der Waals surface area contributed by atoms with Gasteiger partial charge in [-0.05, 0) is 19.8 Å². The normalized spacial score (nSPS) is 11.6. The van der Waals surface area contributed by atoms with E-state index < -0.39 is 0 Å². The average Bonchev–Trinajstić information content (AvgIpc) is 2.01. The first-order valence-electron chi connectivity index (χ1n) is 4.65. The Balaban J connectivity index is 3.80. The van der Waals surface area contributed by atoms with Gasteiger partial charge in [0, 0.05) is 18.3 Å². The molecule has 0 atom stereocenters. The molecule has 0 amide bonds. The molecule has 0 unspecified atom stereocenters. The predicted octanol–water partition coefficient (Wildman–Crippen LogP) is 1.70. The van der Waals surface area contributed by atoms with Crippen molar-refractivity contribution in [2.75, 3.05) is 13.2 Å². The molecule has 0 aromatic rings. The number of carbonyl (C=O) groups is 1. The summed E-state index contributed by atoms with van der Waals surface area (Å²) in [6, 6.07) is 0. The van der Waals surface area contributed by atoms with Crippen molar-refractivity contribution in [1.82, 2.24) is 5.32 Å². The Hall–Kier alpha value is -0.990. The summed E-state index contributed by atoms with van der Waals surface area (Å²) < 4.78 is 4.76. The first kappa shape index (κ1) is 12.0. The predicted molar refractivity (Wildman–Crippen MR) is 53.2 cm³/mol. The van der Waals surface area contributed by atoms with E-state index in [2.05, 4.69) is 19.2 Å². The van der Waals surface area contributed by atoms with Crippen LogP contribution in [0.4, 0.5) is 0 Å². The van der Waals surface area contributed by atoms with Crippen LogP contribution in [0.15, 0.2) is 11.8 Å². The Morgan fingerprint density at radius 2 is 2.15 bits per heavy atom. The SMILES string of the molecule is CCOC(=O)/C=C(/C)NCC(C)C. The second-order valence-electron chi connectivity index (χ2n) is 3.35. The highest BCUT2D eigenvalue weighted by Crippen LogP contribution is 1.93. The van der Waals surface area contributed by atoms with Gasteiger partial charge in [0.25, 0.3) is 0 Å². The van der Waals surface area contributed by atoms with Crippen LogP contribution in [0, 0.1) is 5.92 Å². The van der Waals surface area contributed by atoms with Crippen LogP contribution in [0.25, 0.3) is 0 Å². The fourth-order valence-corrected chi connectivity index (χ4v) is 0.777. The summed E-state index contributed by atoms with van der Waals surface area (Å²) in [6.07, 6.45) is 1.48. The fraction of sp³-hybridized carbons (Fsp3) is 0.700. The molecule has 0 aliphatic rings. The lowest BCUT2D eigenvalue weighted by Crippen LogP contribution is -2.18. The van der Waals surface area contributed by atoms with Crippen molar-refractivity contribution in [3.05, 3.63) is 11.8 Å². The molecule has 13 heavy (non-hydrogen) atoms. The van der Waals surface area contributed by atoms with Gasteiger partial charge in [0.1, 0.15) is 0 Å². The summed E-state index contributed by atoms with van der Waals surface area (Å²) >= 11 is 0. The Kier molecular flexibility index (Phi) is 6.02. The molecule has 0 bridgehead atoms. The number of esters is 1. The third-order valence-electron chi connectivity index (χ3n) is 1.41. The number of ether oxygens (including phenoxy) is 1. The highest BCUT2D eigenvalue weighted by molar-refractivity contribution is 5.82. The zero-order chi connectivity index (χ0) is 10.3. The number of nitrogens with one attached hydrogen (secondary N) is 1. The minimum Gasteiger partial charge on any atom is -0.463 e. The van der Waals surface area contributed by atoms with Gasteiger partial charge >= 0.3 is 5.97 Å². The maximum Gasteiger partial charge on any atom is 0.332 e. The first-order chi connectivity index (χ1) is 6.06. The van der Waals surface area contributed by atoms with Crippen LogP contribution in [-0.2, 0) is 9.53 Å². The molecule has 76 valence electrons. The molecular weight excluding hydrogens is 166 g/mol. The third-order valence-corrected chi connectivity index (χ3v) is 1.41. The maximum absolute atomic E-state index is 11.0. The van der Waals surface area contributed by atoms with Crippen molar-refractivity contribution < 1.29 is 9.53 Å². The molecule has 3 heteroatoms. The first-order valence-corrected chi connectivity index (χ1v) is 4.65. The largest absolute Gasteiger partial charge is 0.463 e. The van der Waals surface area contributed by atoms with Crippen molar-refractivity contribution in [2.24, 2.45) is 5.92 Å². The van der Waals surface area contributed by atoms with E-state index in [9.17, 15) is 4.79 Å². The molecule has 0 aromatic heterocycles. The summed E-state index contributed by atoms with van der Waals surface area (Å²) in [7, 11) is 0. The van der Waals surface area contributed by atoms with E-state index in [-0.39, 0.29) is 5.97 Å². The smallest absolute Gasteiger partial charge is 0.332 e. The number of hydrogen-bond acceptors (Lipinski definition) is 3. The van der Waals surface area contributed by atoms with Gasteiger partial charge in [-0.25, -0.2) is 4.79 Å². The summed E-state index contributed by atoms with van der Waals surface area (Å²) in [5.41, 5.74) is 0.854. The Morgan fingerprint density at radius 3 is 2.62 bits per heavy atom. The van der Waals surface area contributed by atoms with Crippen molar-refractivity contribution in [3.63, 3.8) is 0 Å². The highest BCUT2D eigenvalue weighted by atomic mass is 16.5. The Morgan fingerprint density at radius 1 is 1.54 bits per heavy atom. The standard InChI is InChI=1S/C10H19NO2/c1-5-13-10(12)6-9(4)11-7-8(2)3/h6,8,11H,5,7H2,1-4H3/b9-6-. The number of carbonyl (C=O) groups excluding carboxylic acids is 1. The lowest BCUT2D eigenvalue weighted by molar-refractivity contribution is -0.137. The number of hydrogen-bond donors (Lipinski definition) is 1.